The molecule has 1 aliphatic heterocycles. The largest absolute Gasteiger partial charge is 0.377 e. The Hall–Kier alpha value is -3.97. The van der Waals surface area contributed by atoms with Crippen molar-refractivity contribution in [3.8, 4) is 0 Å². The van der Waals surface area contributed by atoms with Gasteiger partial charge in [-0.1, -0.05) is 23.7 Å². The quantitative estimate of drug-likeness (QED) is 0.341. The van der Waals surface area contributed by atoms with Gasteiger partial charge in [-0.3, -0.25) is 18.8 Å². The third-order valence-electron chi connectivity index (χ3n) is 6.44. The lowest BCUT2D eigenvalue weighted by molar-refractivity contribution is 0.0977. The van der Waals surface area contributed by atoms with Gasteiger partial charge in [-0.05, 0) is 25.1 Å². The Balaban J connectivity index is 1.53. The highest BCUT2D eigenvalue weighted by Gasteiger charge is 2.27. The number of amides is 1. The molecule has 4 aromatic rings. The maximum Gasteiger partial charge on any atom is 0.285 e. The Morgan fingerprint density at radius 1 is 1.13 bits per heavy atom. The van der Waals surface area contributed by atoms with Crippen molar-refractivity contribution >= 4 is 50.1 Å². The first-order chi connectivity index (χ1) is 17.9. The Morgan fingerprint density at radius 3 is 2.61 bits per heavy atom. The summed E-state index contributed by atoms with van der Waals surface area (Å²) in [5.74, 6) is -0.389. The predicted molar refractivity (Wildman–Crippen MR) is 144 cm³/mol. The molecule has 14 heteroatoms. The van der Waals surface area contributed by atoms with Gasteiger partial charge < -0.3 is 10.2 Å². The van der Waals surface area contributed by atoms with Crippen LogP contribution in [0.2, 0.25) is 5.15 Å². The number of aromatic nitrogens is 5. The molecule has 1 aliphatic rings. The Morgan fingerprint density at radius 2 is 1.89 bits per heavy atom. The molecule has 1 atom stereocenters. The lowest BCUT2D eigenvalue weighted by Gasteiger charge is -2.23. The molecular weight excluding hydrogens is 532 g/mol. The highest BCUT2D eigenvalue weighted by molar-refractivity contribution is 7.89. The van der Waals surface area contributed by atoms with Crippen molar-refractivity contribution in [1.82, 2.24) is 29.0 Å². The zero-order valence-electron chi connectivity index (χ0n) is 21.1. The molecule has 1 aromatic carbocycles. The molecule has 0 saturated heterocycles. The number of halogens is 1. The maximum atomic E-state index is 13.4. The second-order valence-electron chi connectivity index (χ2n) is 9.22. The lowest BCUT2D eigenvalue weighted by atomic mass is 10.0. The van der Waals surface area contributed by atoms with E-state index < -0.39 is 22.0 Å². The summed E-state index contributed by atoms with van der Waals surface area (Å²) < 4.78 is 28.5. The van der Waals surface area contributed by atoms with E-state index in [0.717, 1.165) is 17.5 Å². The number of fused-ring (bicyclic) bond motifs is 2. The number of anilines is 2. The average molecular weight is 557 g/mol. The zero-order chi connectivity index (χ0) is 27.4. The minimum absolute atomic E-state index is 0.0311. The van der Waals surface area contributed by atoms with E-state index >= 15 is 0 Å². The molecule has 1 amide bonds. The molecule has 3 aromatic heterocycles. The van der Waals surface area contributed by atoms with Crippen LogP contribution in [0.3, 0.4) is 0 Å². The molecule has 12 nitrogen and oxygen atoms in total. The summed E-state index contributed by atoms with van der Waals surface area (Å²) in [6.07, 6.45) is 2.70. The minimum Gasteiger partial charge on any atom is -0.377 e. The van der Waals surface area contributed by atoms with E-state index in [9.17, 15) is 18.0 Å². The Labute approximate surface area is 223 Å². The van der Waals surface area contributed by atoms with E-state index in [0.29, 0.717) is 35.5 Å². The first-order valence-corrected chi connectivity index (χ1v) is 13.9. The average Bonchev–Trinajstić information content (AvgIpc) is 3.42. The van der Waals surface area contributed by atoms with Crippen molar-refractivity contribution in [2.45, 2.75) is 26.1 Å². The van der Waals surface area contributed by atoms with Gasteiger partial charge in [-0.15, -0.1) is 0 Å². The number of rotatable bonds is 6. The van der Waals surface area contributed by atoms with E-state index in [1.165, 1.54) is 6.07 Å². The number of sulfonamides is 1. The third-order valence-corrected chi connectivity index (χ3v) is 7.21. The Bertz CT molecular complexity index is 1770. The summed E-state index contributed by atoms with van der Waals surface area (Å²) in [6.45, 7) is 3.00. The molecule has 0 saturated carbocycles. The van der Waals surface area contributed by atoms with E-state index in [1.807, 2.05) is 40.5 Å². The molecule has 198 valence electrons. The molecule has 38 heavy (non-hydrogen) atoms. The number of hydrogen-bond acceptors (Lipinski definition) is 9. The molecule has 0 spiro atoms. The van der Waals surface area contributed by atoms with Gasteiger partial charge in [0.1, 0.15) is 5.15 Å². The SMILES string of the molecule is C[C@@H](Nc1ccc(Cl)nc1C(=O)NS(C)(=O)=O)c1cccc2c(=O)n(C)c(N3Cc4cnn(C)c4C3)nc12. The fourth-order valence-electron chi connectivity index (χ4n) is 4.62. The summed E-state index contributed by atoms with van der Waals surface area (Å²) in [5, 5.41) is 7.98. The highest BCUT2D eigenvalue weighted by atomic mass is 35.5. The van der Waals surface area contributed by atoms with Crippen LogP contribution in [0.1, 0.15) is 40.3 Å². The van der Waals surface area contributed by atoms with Crippen LogP contribution in [-0.4, -0.2) is 44.9 Å². The van der Waals surface area contributed by atoms with Crippen molar-refractivity contribution in [2.75, 3.05) is 16.5 Å². The third kappa shape index (κ3) is 4.70. The molecule has 0 radical (unpaired) electrons. The van der Waals surface area contributed by atoms with Gasteiger partial charge in [-0.25, -0.2) is 23.1 Å². The predicted octanol–water partition coefficient (Wildman–Crippen LogP) is 2.10. The highest BCUT2D eigenvalue weighted by Crippen LogP contribution is 2.30. The van der Waals surface area contributed by atoms with Gasteiger partial charge in [0.05, 0.1) is 47.3 Å². The van der Waals surface area contributed by atoms with Gasteiger partial charge in [0.25, 0.3) is 11.5 Å². The molecule has 0 fully saturated rings. The van der Waals surface area contributed by atoms with Gasteiger partial charge >= 0.3 is 0 Å². The summed E-state index contributed by atoms with van der Waals surface area (Å²) in [4.78, 5) is 36.9. The van der Waals surface area contributed by atoms with Crippen LogP contribution in [0.5, 0.6) is 0 Å². The minimum atomic E-state index is -3.82. The van der Waals surface area contributed by atoms with Crippen molar-refractivity contribution in [2.24, 2.45) is 14.1 Å². The number of carbonyl (C=O) groups excluding carboxylic acids is 1. The van der Waals surface area contributed by atoms with Crippen LogP contribution in [0, 0.1) is 0 Å². The molecular formula is C24H25ClN8O4S. The van der Waals surface area contributed by atoms with E-state index in [-0.39, 0.29) is 22.1 Å². The standard InChI is InChI=1S/C24H25ClN8O4S/c1-13(27-17-8-9-19(25)28-21(17)22(34)30-38(4,36)37)15-6-5-7-16-20(15)29-24(31(2)23(16)35)33-11-14-10-26-32(3)18(14)12-33/h5-10,13,27H,11-12H2,1-4H3,(H,30,34)/t13-/m1/s1. The number of para-hydroxylation sites is 1. The zero-order valence-corrected chi connectivity index (χ0v) is 22.6. The number of nitrogens with one attached hydrogen (secondary N) is 2. The molecule has 5 rings (SSSR count). The van der Waals surface area contributed by atoms with Crippen LogP contribution in [0.15, 0.2) is 41.3 Å². The summed E-state index contributed by atoms with van der Waals surface area (Å²) in [6, 6.07) is 7.93. The van der Waals surface area contributed by atoms with Crippen molar-refractivity contribution in [1.29, 1.82) is 0 Å². The number of carbonyl (C=O) groups is 1. The van der Waals surface area contributed by atoms with Crippen molar-refractivity contribution in [3.63, 3.8) is 0 Å². The van der Waals surface area contributed by atoms with Gasteiger partial charge in [0.2, 0.25) is 16.0 Å². The number of aryl methyl sites for hydroxylation is 1. The molecule has 0 unspecified atom stereocenters. The number of hydrogen-bond donors (Lipinski definition) is 2. The fourth-order valence-corrected chi connectivity index (χ4v) is 5.20. The monoisotopic (exact) mass is 556 g/mol. The Kier molecular flexibility index (Phi) is 6.35. The van der Waals surface area contributed by atoms with Crippen LogP contribution in [0.25, 0.3) is 10.9 Å². The summed E-state index contributed by atoms with van der Waals surface area (Å²) in [7, 11) is -0.232. The number of pyridine rings is 1. The summed E-state index contributed by atoms with van der Waals surface area (Å²) in [5.41, 5.74) is 3.29. The van der Waals surface area contributed by atoms with Crippen molar-refractivity contribution < 1.29 is 13.2 Å². The molecule has 4 heterocycles. The normalized spacial score (nSPS) is 14.0. The van der Waals surface area contributed by atoms with Crippen molar-refractivity contribution in [3.05, 3.63) is 74.6 Å². The molecule has 2 N–H and O–H groups in total. The van der Waals surface area contributed by atoms with Crippen LogP contribution in [0.4, 0.5) is 11.6 Å². The molecule has 0 aliphatic carbocycles. The van der Waals surface area contributed by atoms with Crippen LogP contribution < -0.4 is 20.5 Å². The van der Waals surface area contributed by atoms with Gasteiger partial charge in [-0.2, -0.15) is 5.10 Å². The van der Waals surface area contributed by atoms with Crippen LogP contribution in [-0.2, 0) is 37.2 Å². The van der Waals surface area contributed by atoms with E-state index in [1.54, 1.807) is 29.8 Å². The van der Waals surface area contributed by atoms with E-state index in [2.05, 4.69) is 15.4 Å². The number of benzene rings is 1. The lowest BCUT2D eigenvalue weighted by Crippen LogP contribution is -2.31. The van der Waals surface area contributed by atoms with Gasteiger partial charge in [0, 0.05) is 31.8 Å². The number of nitrogens with zero attached hydrogens (tertiary/aromatic N) is 6. The van der Waals surface area contributed by atoms with Gasteiger partial charge in [0.15, 0.2) is 5.69 Å². The second kappa shape index (κ2) is 9.40. The second-order valence-corrected chi connectivity index (χ2v) is 11.4. The maximum absolute atomic E-state index is 13.4. The fraction of sp³-hybridized carbons (Fsp3) is 0.292. The topological polar surface area (TPSA) is 144 Å². The summed E-state index contributed by atoms with van der Waals surface area (Å²) >= 11 is 5.99. The molecule has 0 bridgehead atoms. The first kappa shape index (κ1) is 25.7. The van der Waals surface area contributed by atoms with Crippen LogP contribution >= 0.6 is 11.6 Å². The smallest absolute Gasteiger partial charge is 0.285 e. The van der Waals surface area contributed by atoms with E-state index in [4.69, 9.17) is 16.6 Å². The first-order valence-electron chi connectivity index (χ1n) is 11.6.